The van der Waals surface area contributed by atoms with Crippen LogP contribution in [0.4, 0.5) is 5.69 Å². The molecule has 25 nitrogen and oxygen atoms in total. The van der Waals surface area contributed by atoms with Crippen LogP contribution in [0.5, 0.6) is 5.75 Å². The number of aromatic amines is 1. The predicted octanol–water partition coefficient (Wildman–Crippen LogP) is 4.05. The number of aromatic hydroxyl groups is 1. The molecular formula is C65H85ClN10O15S3. The number of fused-ring (bicyclic) bond motifs is 2. The van der Waals surface area contributed by atoms with Crippen molar-refractivity contribution in [1.29, 1.82) is 0 Å². The zero-order chi connectivity index (χ0) is 68.2. The molecule has 94 heavy (non-hydrogen) atoms. The monoisotopic (exact) mass is 1380 g/mol. The summed E-state index contributed by atoms with van der Waals surface area (Å²) in [6.07, 6.45) is -0.921. The third kappa shape index (κ3) is 23.0. The van der Waals surface area contributed by atoms with E-state index in [1.807, 2.05) is 55.1 Å². The van der Waals surface area contributed by atoms with E-state index in [0.29, 0.717) is 62.6 Å². The molecule has 9 atom stereocenters. The molecule has 12 N–H and O–H groups in total. The third-order valence-electron chi connectivity index (χ3n) is 16.8. The number of benzene rings is 3. The van der Waals surface area contributed by atoms with Crippen LogP contribution in [0.15, 0.2) is 72.9 Å². The van der Waals surface area contributed by atoms with E-state index in [1.54, 1.807) is 30.2 Å². The highest BCUT2D eigenvalue weighted by Gasteiger charge is 2.43. The van der Waals surface area contributed by atoms with E-state index in [1.165, 1.54) is 39.8 Å². The number of aliphatic hydroxyl groups is 1. The Kier molecular flexibility index (Phi) is 28.5. The summed E-state index contributed by atoms with van der Waals surface area (Å²) in [5.41, 5.74) is 3.39. The number of ketones is 3. The van der Waals surface area contributed by atoms with Crippen molar-refractivity contribution in [2.24, 2.45) is 23.7 Å². The van der Waals surface area contributed by atoms with Gasteiger partial charge in [-0.2, -0.15) is 0 Å². The van der Waals surface area contributed by atoms with Gasteiger partial charge in [-0.05, 0) is 97.8 Å². The lowest BCUT2D eigenvalue weighted by molar-refractivity contribution is -0.142. The van der Waals surface area contributed by atoms with Gasteiger partial charge in [0.25, 0.3) is 0 Å². The number of anilines is 1. The van der Waals surface area contributed by atoms with Crippen LogP contribution in [0.3, 0.4) is 0 Å². The number of halogens is 1. The van der Waals surface area contributed by atoms with Crippen LogP contribution in [0.1, 0.15) is 82.4 Å². The van der Waals surface area contributed by atoms with Crippen LogP contribution in [0.2, 0.25) is 5.02 Å². The van der Waals surface area contributed by atoms with Gasteiger partial charge in [0, 0.05) is 142 Å². The number of thiocarbonyl (C=S) groups is 1. The van der Waals surface area contributed by atoms with Gasteiger partial charge >= 0.3 is 17.9 Å². The van der Waals surface area contributed by atoms with Crippen LogP contribution in [0.25, 0.3) is 10.9 Å². The maximum absolute atomic E-state index is 15.1. The maximum Gasteiger partial charge on any atom is 0.317 e. The number of aliphatic hydroxyl groups excluding tert-OH is 1. The van der Waals surface area contributed by atoms with Crippen molar-refractivity contribution in [3.05, 3.63) is 94.6 Å². The fourth-order valence-electron chi connectivity index (χ4n) is 12.1. The van der Waals surface area contributed by atoms with Crippen molar-refractivity contribution in [2.45, 2.75) is 121 Å². The number of nitrogens with one attached hydrogen (secondary N) is 7. The predicted molar refractivity (Wildman–Crippen MR) is 361 cm³/mol. The highest BCUT2D eigenvalue weighted by atomic mass is 35.5. The second kappa shape index (κ2) is 36.1. The molecule has 4 amide bonds. The van der Waals surface area contributed by atoms with Gasteiger partial charge in [0.2, 0.25) is 23.6 Å². The van der Waals surface area contributed by atoms with Gasteiger partial charge in [-0.25, -0.2) is 0 Å². The third-order valence-corrected chi connectivity index (χ3v) is 20.0. The van der Waals surface area contributed by atoms with Gasteiger partial charge < -0.3 is 67.3 Å². The number of hydrogen-bond donors (Lipinski definition) is 12. The number of phenols is 1. The Bertz CT molecular complexity index is 3360. The van der Waals surface area contributed by atoms with Crippen molar-refractivity contribution in [2.75, 3.05) is 75.7 Å². The van der Waals surface area contributed by atoms with Gasteiger partial charge in [0.15, 0.2) is 22.5 Å². The molecule has 3 aliphatic heterocycles. The fourth-order valence-corrected chi connectivity index (χ4v) is 15.0. The number of nitrogens with zero attached hydrogens (tertiary/aromatic N) is 3. The highest BCUT2D eigenvalue weighted by molar-refractivity contribution is 8.76. The molecule has 7 rings (SSSR count). The first-order valence-corrected chi connectivity index (χ1v) is 34.8. The summed E-state index contributed by atoms with van der Waals surface area (Å²) in [7, 11) is 2.45. The number of aliphatic carboxylic acids is 3. The molecule has 1 aromatic heterocycles. The fraction of sp³-hybridized carbons (Fsp3) is 0.523. The number of rotatable bonds is 22. The number of aromatic nitrogens is 1. The Balaban J connectivity index is 1.12. The van der Waals surface area contributed by atoms with Crippen molar-refractivity contribution in [3.63, 3.8) is 0 Å². The molecule has 3 fully saturated rings. The molecule has 4 heterocycles. The lowest BCUT2D eigenvalue weighted by Gasteiger charge is -2.31. The number of carbonyl (C=O) groups is 10. The topological polar surface area (TPSA) is 370 Å². The number of carboxylic acids is 3. The molecule has 3 saturated heterocycles. The first-order chi connectivity index (χ1) is 44.8. The van der Waals surface area contributed by atoms with Gasteiger partial charge in [-0.3, -0.25) is 57.7 Å². The molecule has 0 spiro atoms. The Hall–Kier alpha value is -7.18. The molecule has 4 aromatic rings. The lowest BCUT2D eigenvalue weighted by Crippen LogP contribution is -2.54. The zero-order valence-corrected chi connectivity index (χ0v) is 56.0. The van der Waals surface area contributed by atoms with Crippen molar-refractivity contribution in [1.82, 2.24) is 46.3 Å². The SMILES string of the molecule is CC(C)C[C@@H]1CC(=O)CNC(=O)[C@H](Cc2ccc(O)c(Cl)c2)CC(=O)[C@@H]2C[C@@H](O)CN2C(=O)[C@@H](NC(=O)[C@@H](CCC(=O)O)CC(=O)[C@H](Cc2c[nH]c3ccccc23)NC(=S)Nc2ccc(CC3CNCCN(CC(=O)O)CCN3CC(=O)O)cc2)CSSC[C@@H](C)NC1=O. The van der Waals surface area contributed by atoms with E-state index in [2.05, 4.69) is 36.9 Å². The minimum Gasteiger partial charge on any atom is -0.506 e. The van der Waals surface area contributed by atoms with E-state index in [-0.39, 0.29) is 91.2 Å². The molecule has 29 heteroatoms. The van der Waals surface area contributed by atoms with Crippen molar-refractivity contribution in [3.8, 4) is 5.75 Å². The van der Waals surface area contributed by atoms with Crippen LogP contribution in [-0.4, -0.2) is 216 Å². The van der Waals surface area contributed by atoms with Crippen molar-refractivity contribution < 1.29 is 73.5 Å². The van der Waals surface area contributed by atoms with E-state index < -0.39 is 127 Å². The number of para-hydroxylation sites is 1. The summed E-state index contributed by atoms with van der Waals surface area (Å²) < 4.78 is 0. The number of H-pyrrole nitrogens is 1. The molecule has 3 aliphatic rings. The minimum atomic E-state index is -1.43. The largest absolute Gasteiger partial charge is 0.506 e. The van der Waals surface area contributed by atoms with Gasteiger partial charge in [0.1, 0.15) is 11.8 Å². The minimum absolute atomic E-state index is 0.0126. The molecular weight excluding hydrogens is 1290 g/mol. The summed E-state index contributed by atoms with van der Waals surface area (Å²) in [4.78, 5) is 145. The molecule has 510 valence electrons. The maximum atomic E-state index is 15.1. The number of Topliss-reactive ketones (excluding diaryl/α,β-unsaturated/α-hetero) is 3. The lowest BCUT2D eigenvalue weighted by atomic mass is 9.90. The zero-order valence-electron chi connectivity index (χ0n) is 52.8. The molecule has 3 aromatic carbocycles. The van der Waals surface area contributed by atoms with Crippen LogP contribution < -0.4 is 31.9 Å². The number of amides is 4. The van der Waals surface area contributed by atoms with Crippen LogP contribution in [0, 0.1) is 23.7 Å². The average molecular weight is 1380 g/mol. The van der Waals surface area contributed by atoms with E-state index in [0.717, 1.165) is 26.9 Å². The van der Waals surface area contributed by atoms with E-state index in [4.69, 9.17) is 23.8 Å². The first-order valence-electron chi connectivity index (χ1n) is 31.5. The highest BCUT2D eigenvalue weighted by Crippen LogP contribution is 2.31. The first kappa shape index (κ1) is 74.2. The summed E-state index contributed by atoms with van der Waals surface area (Å²) in [6.45, 7) is 6.58. The second-order valence-corrected chi connectivity index (χ2v) is 28.3. The quantitative estimate of drug-likeness (QED) is 0.0390. The summed E-state index contributed by atoms with van der Waals surface area (Å²) in [5, 5.41) is 69.4. The molecule has 0 radical (unpaired) electrons. The van der Waals surface area contributed by atoms with Crippen LogP contribution in [-0.2, 0) is 67.2 Å². The summed E-state index contributed by atoms with van der Waals surface area (Å²) in [6, 6.07) is 14.5. The smallest absolute Gasteiger partial charge is 0.317 e. The molecule has 1 unspecified atom stereocenters. The Labute approximate surface area is 563 Å². The Morgan fingerprint density at radius 3 is 2.28 bits per heavy atom. The number of carboxylic acid groups (broad SMARTS) is 3. The average Bonchev–Trinajstić information content (AvgIpc) is 1.65. The van der Waals surface area contributed by atoms with E-state index in [9.17, 15) is 68.7 Å². The number of hydrogen-bond acceptors (Lipinski definition) is 18. The summed E-state index contributed by atoms with van der Waals surface area (Å²) >= 11 is 12.1. The van der Waals surface area contributed by atoms with Crippen LogP contribution >= 0.6 is 45.4 Å². The standard InChI is InChI=1S/C65H85ClN10O15S3/c1-37(2)20-42-24-47(77)31-69-61(88)43(21-40-10-14-55(79)50(66)23-40)27-57(81)54-28-48(78)32-76(54)64(91)53(36-94-93-35-38(3)70-63(42)90)72-62(89)41(11-15-58(82)83)26-56(80)52(25-44-29-68-51-7-5-4-6-49(44)51)73-65(92)71-45-12-8-39(9-13-45)22-46-30-67-16-17-74(33-59(84)85)18-19-75(46)34-60(86)87/h4-10,12-14,23,29,37-38,41-43,46,48,52-54,67-68,78-79H,11,15-22,24-28,30-36H2,1-3H3,(H,69,88)(H,70,90)(H,72,89)(H,82,83)(H,84,85)(H,86,87)(H2,71,73,92)/t38-,41+,42-,43-,46?,48-,52+,53+,54+/m1/s1. The molecule has 0 saturated carbocycles. The number of carbonyl (C=O) groups excluding carboxylic acids is 7. The second-order valence-electron chi connectivity index (χ2n) is 24.9. The summed E-state index contributed by atoms with van der Waals surface area (Å²) in [5.74, 6) is -10.7. The van der Waals surface area contributed by atoms with E-state index >= 15 is 4.79 Å². The van der Waals surface area contributed by atoms with Gasteiger partial charge in [-0.1, -0.05) is 83.4 Å². The number of phenolic OH excluding ortho intramolecular Hbond substituents is 1. The Morgan fingerprint density at radius 2 is 1.56 bits per heavy atom. The van der Waals surface area contributed by atoms with Crippen molar-refractivity contribution >= 4 is 126 Å². The Morgan fingerprint density at radius 1 is 0.840 bits per heavy atom. The molecule has 0 aliphatic carbocycles. The van der Waals surface area contributed by atoms with Gasteiger partial charge in [-0.15, -0.1) is 0 Å². The van der Waals surface area contributed by atoms with Gasteiger partial charge in [0.05, 0.1) is 42.8 Å². The normalized spacial score (nSPS) is 22.8. The molecule has 0 bridgehead atoms.